The van der Waals surface area contributed by atoms with Gasteiger partial charge in [0.15, 0.2) is 0 Å². The first-order valence-electron chi connectivity index (χ1n) is 2.65. The summed E-state index contributed by atoms with van der Waals surface area (Å²) in [5.74, 6) is 0. The van der Waals surface area contributed by atoms with E-state index in [-0.39, 0.29) is 37.6 Å². The number of sulfonamides is 1. The van der Waals surface area contributed by atoms with Crippen LogP contribution in [0.2, 0.25) is 0 Å². The van der Waals surface area contributed by atoms with Gasteiger partial charge in [0.05, 0.1) is 10.0 Å². The molecule has 0 heterocycles. The molecule has 0 aromatic heterocycles. The molecule has 0 fully saturated rings. The minimum Gasteiger partial charge on any atom is -0.560 e. The molecule has 0 amide bonds. The molecule has 3 nitrogen and oxygen atoms in total. The molecule has 0 radical (unpaired) electrons. The van der Waals surface area contributed by atoms with Crippen LogP contribution >= 0.6 is 0 Å². The molecule has 0 saturated carbocycles. The molecule has 0 aliphatic heterocycles. The van der Waals surface area contributed by atoms with Crippen molar-refractivity contribution >= 4 is 10.0 Å². The zero-order chi connectivity index (χ0) is 7.61. The summed E-state index contributed by atoms with van der Waals surface area (Å²) in [5.41, 5.74) is 0. The first kappa shape index (κ1) is 11.2. The molecule has 54 valence electrons. The van der Waals surface area contributed by atoms with Gasteiger partial charge in [-0.05, 0) is 12.1 Å². The third kappa shape index (κ3) is 3.42. The number of rotatable bonds is 1. The topological polar surface area (TPSA) is 57.9 Å². The molecule has 0 saturated heterocycles. The maximum absolute atomic E-state index is 10.5. The van der Waals surface area contributed by atoms with Crippen molar-refractivity contribution in [1.82, 2.24) is 0 Å². The molecule has 1 aromatic rings. The molecule has 0 spiro atoms. The van der Waals surface area contributed by atoms with Crippen molar-refractivity contribution in [3.63, 3.8) is 0 Å². The van der Waals surface area contributed by atoms with Crippen LogP contribution in [0.5, 0.6) is 0 Å². The Balaban J connectivity index is 0.000001000. The minimum atomic E-state index is -3.75. The fourth-order valence-electron chi connectivity index (χ4n) is 0.600. The van der Waals surface area contributed by atoms with Crippen LogP contribution in [0.25, 0.3) is 5.14 Å². The van der Waals surface area contributed by atoms with Gasteiger partial charge < -0.3 is 5.14 Å². The van der Waals surface area contributed by atoms with E-state index >= 15 is 0 Å². The van der Waals surface area contributed by atoms with Gasteiger partial charge in [-0.3, -0.25) is 0 Å². The largest absolute Gasteiger partial charge is 3.00 e. The summed E-state index contributed by atoms with van der Waals surface area (Å²) in [7, 11) is -3.75. The first-order chi connectivity index (χ1) is 4.61. The Hall–Kier alpha value is 0.234. The van der Waals surface area contributed by atoms with Gasteiger partial charge in [0.2, 0.25) is 0 Å². The summed E-state index contributed by atoms with van der Waals surface area (Å²) in [6, 6.07) is 7.65. The second-order valence-electron chi connectivity index (χ2n) is 1.82. The Morgan fingerprint density at radius 3 is 1.82 bits per heavy atom. The van der Waals surface area contributed by atoms with E-state index in [9.17, 15) is 8.42 Å². The molecule has 11 heavy (non-hydrogen) atoms. The van der Waals surface area contributed by atoms with Crippen LogP contribution in [0.3, 0.4) is 0 Å². The van der Waals surface area contributed by atoms with Crippen LogP contribution < -0.4 is 0 Å². The van der Waals surface area contributed by atoms with Crippen LogP contribution in [-0.4, -0.2) is 8.42 Å². The molecule has 0 bridgehead atoms. The fourth-order valence-corrected chi connectivity index (χ4v) is 1.12. The molecule has 0 aliphatic carbocycles. The van der Waals surface area contributed by atoms with Gasteiger partial charge in [0.25, 0.3) is 0 Å². The van der Waals surface area contributed by atoms with E-state index in [1.165, 1.54) is 12.1 Å². The molecular formula is C6H6NO2SY+2. The summed E-state index contributed by atoms with van der Waals surface area (Å²) in [5, 5.41) is 6.65. The van der Waals surface area contributed by atoms with Gasteiger partial charge in [-0.2, -0.15) is 0 Å². The second-order valence-corrected chi connectivity index (χ2v) is 3.29. The zero-order valence-corrected chi connectivity index (χ0v) is 9.34. The summed E-state index contributed by atoms with van der Waals surface area (Å²) < 4.78 is 21.0. The van der Waals surface area contributed by atoms with Crippen LogP contribution in [0, 0.1) is 0 Å². The Labute approximate surface area is 90.9 Å². The van der Waals surface area contributed by atoms with E-state index < -0.39 is 10.0 Å². The van der Waals surface area contributed by atoms with Gasteiger partial charge in [-0.15, -0.1) is 0 Å². The Kier molecular flexibility index (Phi) is 4.40. The molecule has 0 unspecified atom stereocenters. The van der Waals surface area contributed by atoms with Crippen molar-refractivity contribution < 1.29 is 41.1 Å². The summed E-state index contributed by atoms with van der Waals surface area (Å²) in [6.45, 7) is 0. The molecule has 0 atom stereocenters. The summed E-state index contributed by atoms with van der Waals surface area (Å²) in [6.07, 6.45) is 0. The van der Waals surface area contributed by atoms with Crippen molar-refractivity contribution in [2.24, 2.45) is 0 Å². The molecule has 1 aromatic carbocycles. The number of nitrogens with one attached hydrogen (secondary N) is 1. The van der Waals surface area contributed by atoms with Crippen LogP contribution in [0.1, 0.15) is 0 Å². The molecular weight excluding hydrogens is 239 g/mol. The van der Waals surface area contributed by atoms with Crippen molar-refractivity contribution in [2.75, 3.05) is 0 Å². The number of hydrogen-bond acceptors (Lipinski definition) is 2. The van der Waals surface area contributed by atoms with Crippen LogP contribution in [0.15, 0.2) is 35.2 Å². The van der Waals surface area contributed by atoms with Gasteiger partial charge in [-0.1, -0.05) is 18.2 Å². The van der Waals surface area contributed by atoms with Crippen LogP contribution in [0.4, 0.5) is 0 Å². The Bertz CT molecular complexity index is 309. The first-order valence-corrected chi connectivity index (χ1v) is 4.14. The second kappa shape index (κ2) is 4.31. The number of benzene rings is 1. The van der Waals surface area contributed by atoms with E-state index in [1.54, 1.807) is 18.2 Å². The predicted octanol–water partition coefficient (Wildman–Crippen LogP) is 1.43. The Morgan fingerprint density at radius 2 is 1.55 bits per heavy atom. The van der Waals surface area contributed by atoms with E-state index in [0.717, 1.165) is 0 Å². The third-order valence-corrected chi connectivity index (χ3v) is 1.95. The van der Waals surface area contributed by atoms with Crippen LogP contribution in [-0.2, 0) is 42.7 Å². The molecule has 5 heteroatoms. The van der Waals surface area contributed by atoms with E-state index in [4.69, 9.17) is 5.14 Å². The average Bonchev–Trinajstić information content (AvgIpc) is 1.88. The standard InChI is InChI=1S/C6H6NO2S.Y/c7-10(8,9)6-4-2-1-3-5-6;/h1-5H,(H-,7,8,9);/q-1;+3. The third-order valence-electron chi connectivity index (χ3n) is 1.05. The van der Waals surface area contributed by atoms with Crippen molar-refractivity contribution in [1.29, 1.82) is 0 Å². The monoisotopic (exact) mass is 245 g/mol. The van der Waals surface area contributed by atoms with E-state index in [0.29, 0.717) is 0 Å². The van der Waals surface area contributed by atoms with E-state index in [2.05, 4.69) is 0 Å². The Morgan fingerprint density at radius 1 is 1.09 bits per heavy atom. The van der Waals surface area contributed by atoms with Crippen molar-refractivity contribution in [3.8, 4) is 0 Å². The van der Waals surface area contributed by atoms with Crippen molar-refractivity contribution in [3.05, 3.63) is 35.5 Å². The van der Waals surface area contributed by atoms with E-state index in [1.807, 2.05) is 0 Å². The smallest absolute Gasteiger partial charge is 0.560 e. The summed E-state index contributed by atoms with van der Waals surface area (Å²) >= 11 is 0. The van der Waals surface area contributed by atoms with Gasteiger partial charge >= 0.3 is 32.7 Å². The maximum atomic E-state index is 10.5. The summed E-state index contributed by atoms with van der Waals surface area (Å²) in [4.78, 5) is 0.0370. The quantitative estimate of drug-likeness (QED) is 0.751. The van der Waals surface area contributed by atoms with Crippen molar-refractivity contribution in [2.45, 2.75) is 4.90 Å². The normalized spacial score (nSPS) is 10.3. The number of hydrogen-bond donors (Lipinski definition) is 0. The van der Waals surface area contributed by atoms with Gasteiger partial charge in [0.1, 0.15) is 0 Å². The molecule has 1 rings (SSSR count). The van der Waals surface area contributed by atoms with Gasteiger partial charge in [-0.25, -0.2) is 8.42 Å². The minimum absolute atomic E-state index is 0. The molecule has 0 aliphatic rings. The van der Waals surface area contributed by atoms with Gasteiger partial charge in [0, 0.05) is 4.90 Å². The predicted molar refractivity (Wildman–Crippen MR) is 37.9 cm³/mol. The SMILES string of the molecule is [NH-]S(=O)(=O)c1ccccc1.[Y+3]. The maximum Gasteiger partial charge on any atom is 3.00 e. The average molecular weight is 245 g/mol. The fraction of sp³-hybridized carbons (Fsp3) is 0. The molecule has 1 N–H and O–H groups in total. The zero-order valence-electron chi connectivity index (χ0n) is 5.69.